The summed E-state index contributed by atoms with van der Waals surface area (Å²) in [4.78, 5) is 52.9. The van der Waals surface area contributed by atoms with Crippen molar-refractivity contribution in [1.82, 2.24) is 9.47 Å². The Hall–Kier alpha value is -3.42. The predicted molar refractivity (Wildman–Crippen MR) is 103 cm³/mol. The molecule has 0 aliphatic carbocycles. The Labute approximate surface area is 161 Å². The minimum absolute atomic E-state index is 0.0640. The van der Waals surface area contributed by atoms with Crippen LogP contribution in [0.5, 0.6) is 0 Å². The summed E-state index contributed by atoms with van der Waals surface area (Å²) < 4.78 is 1.36. The first-order chi connectivity index (χ1) is 13.3. The average molecular weight is 380 g/mol. The molecule has 0 bridgehead atoms. The second kappa shape index (κ2) is 6.33. The lowest BCUT2D eigenvalue weighted by Crippen LogP contribution is -2.63. The van der Waals surface area contributed by atoms with Gasteiger partial charge in [-0.25, -0.2) is 0 Å². The first kappa shape index (κ1) is 18.0. The summed E-state index contributed by atoms with van der Waals surface area (Å²) in [7, 11) is 1.59. The number of hydrogen-bond donors (Lipinski definition) is 1. The normalized spacial score (nSPS) is 20.8. The van der Waals surface area contributed by atoms with Crippen LogP contribution in [0, 0.1) is 0 Å². The fourth-order valence-corrected chi connectivity index (χ4v) is 3.95. The summed E-state index contributed by atoms with van der Waals surface area (Å²) in [6.07, 6.45) is 2.29. The van der Waals surface area contributed by atoms with Crippen molar-refractivity contribution in [3.63, 3.8) is 0 Å². The number of carbonyl (C=O) groups excluding carboxylic acids is 3. The molecule has 144 valence electrons. The van der Waals surface area contributed by atoms with E-state index < -0.39 is 11.6 Å². The summed E-state index contributed by atoms with van der Waals surface area (Å²) in [5.41, 5.74) is 0.385. The quantitative estimate of drug-likeness (QED) is 0.869. The molecule has 1 N–H and O–H groups in total. The highest BCUT2D eigenvalue weighted by Crippen LogP contribution is 2.43. The Balaban J connectivity index is 1.64. The number of nitrogens with one attached hydrogen (secondary N) is 1. The molecule has 28 heavy (non-hydrogen) atoms. The summed E-state index contributed by atoms with van der Waals surface area (Å²) in [5.74, 6) is -0.738. The average Bonchev–Trinajstić information content (AvgIpc) is 2.97. The largest absolute Gasteiger partial charge is 0.323 e. The molecule has 1 atom stereocenters. The van der Waals surface area contributed by atoms with Crippen LogP contribution < -0.4 is 15.8 Å². The lowest BCUT2D eigenvalue weighted by molar-refractivity contribution is -0.120. The summed E-state index contributed by atoms with van der Waals surface area (Å²) >= 11 is 0. The Morgan fingerprint density at radius 3 is 2.64 bits per heavy atom. The number of amides is 3. The van der Waals surface area contributed by atoms with Crippen LogP contribution in [0.15, 0.2) is 47.4 Å². The van der Waals surface area contributed by atoms with Crippen molar-refractivity contribution in [3.05, 3.63) is 58.5 Å². The number of aryl methyl sites for hydroxylation is 1. The fraction of sp³-hybridized carbons (Fsp3) is 0.300. The molecule has 1 saturated heterocycles. The summed E-state index contributed by atoms with van der Waals surface area (Å²) in [6, 6.07) is 9.83. The molecule has 3 heterocycles. The third kappa shape index (κ3) is 2.69. The Bertz CT molecular complexity index is 1060. The summed E-state index contributed by atoms with van der Waals surface area (Å²) in [5, 5.41) is 2.71. The van der Waals surface area contributed by atoms with Crippen LogP contribution in [-0.2, 0) is 16.6 Å². The van der Waals surface area contributed by atoms with Crippen molar-refractivity contribution in [1.29, 1.82) is 0 Å². The molecular weight excluding hydrogens is 360 g/mol. The van der Waals surface area contributed by atoms with Crippen LogP contribution in [-0.4, -0.2) is 39.4 Å². The van der Waals surface area contributed by atoms with Gasteiger partial charge in [0.25, 0.3) is 5.91 Å². The van der Waals surface area contributed by atoms with E-state index in [9.17, 15) is 19.2 Å². The molecule has 0 spiro atoms. The Kier molecular flexibility index (Phi) is 4.06. The fourth-order valence-electron chi connectivity index (χ4n) is 3.95. The minimum Gasteiger partial charge on any atom is -0.323 e. The lowest BCUT2D eigenvalue weighted by atomic mass is 9.98. The lowest BCUT2D eigenvalue weighted by Gasteiger charge is -2.48. The molecule has 2 aliphatic rings. The SMILES string of the molecule is Cn1cc(NC(=O)CN2C(=O)c3ccccc3N3C(=O)CCC23C)ccc1=O. The van der Waals surface area contributed by atoms with Gasteiger partial charge in [0.05, 0.1) is 16.9 Å². The zero-order valence-electron chi connectivity index (χ0n) is 15.6. The van der Waals surface area contributed by atoms with Crippen LogP contribution in [0.25, 0.3) is 0 Å². The number of hydrogen-bond acceptors (Lipinski definition) is 4. The number of aromatic nitrogens is 1. The van der Waals surface area contributed by atoms with E-state index in [1.807, 2.05) is 6.92 Å². The van der Waals surface area contributed by atoms with Gasteiger partial charge in [0.15, 0.2) is 0 Å². The van der Waals surface area contributed by atoms with Crippen LogP contribution in [0.4, 0.5) is 11.4 Å². The monoisotopic (exact) mass is 380 g/mol. The highest BCUT2D eigenvalue weighted by molar-refractivity contribution is 6.11. The number of para-hydroxylation sites is 1. The van der Waals surface area contributed by atoms with Crippen molar-refractivity contribution < 1.29 is 14.4 Å². The predicted octanol–water partition coefficient (Wildman–Crippen LogP) is 1.32. The van der Waals surface area contributed by atoms with Gasteiger partial charge in [-0.2, -0.15) is 0 Å². The van der Waals surface area contributed by atoms with Crippen LogP contribution in [0.1, 0.15) is 30.1 Å². The molecule has 4 rings (SSSR count). The van der Waals surface area contributed by atoms with Gasteiger partial charge < -0.3 is 14.8 Å². The smallest absolute Gasteiger partial charge is 0.258 e. The van der Waals surface area contributed by atoms with Gasteiger partial charge in [-0.3, -0.25) is 24.1 Å². The maximum Gasteiger partial charge on any atom is 0.258 e. The highest BCUT2D eigenvalue weighted by Gasteiger charge is 2.53. The van der Waals surface area contributed by atoms with E-state index in [1.54, 1.807) is 36.2 Å². The summed E-state index contributed by atoms with van der Waals surface area (Å²) in [6.45, 7) is 1.61. The number of anilines is 2. The molecule has 1 unspecified atom stereocenters. The van der Waals surface area contributed by atoms with Gasteiger partial charge in [0, 0.05) is 25.7 Å². The third-order valence-corrected chi connectivity index (χ3v) is 5.42. The molecule has 8 nitrogen and oxygen atoms in total. The van der Waals surface area contributed by atoms with Crippen LogP contribution >= 0.6 is 0 Å². The zero-order chi connectivity index (χ0) is 20.1. The molecule has 0 radical (unpaired) electrons. The first-order valence-corrected chi connectivity index (χ1v) is 9.02. The standard InChI is InChI=1S/C20H20N4O4/c1-20-10-9-18(27)24(20)15-6-4-3-5-14(15)19(28)23(20)12-16(25)21-13-7-8-17(26)22(2)11-13/h3-8,11H,9-10,12H2,1-2H3,(H,21,25). The van der Waals surface area contributed by atoms with Crippen LogP contribution in [0.3, 0.4) is 0 Å². The molecule has 8 heteroatoms. The number of pyridine rings is 1. The second-order valence-corrected chi connectivity index (χ2v) is 7.27. The number of carbonyl (C=O) groups is 3. The van der Waals surface area contributed by atoms with Crippen LogP contribution in [0.2, 0.25) is 0 Å². The van der Waals surface area contributed by atoms with E-state index in [0.717, 1.165) is 0 Å². The molecular formula is C20H20N4O4. The van der Waals surface area contributed by atoms with Gasteiger partial charge in [-0.15, -0.1) is 0 Å². The third-order valence-electron chi connectivity index (χ3n) is 5.42. The Morgan fingerprint density at radius 2 is 1.89 bits per heavy atom. The minimum atomic E-state index is -0.886. The number of fused-ring (bicyclic) bond motifs is 3. The van der Waals surface area contributed by atoms with E-state index >= 15 is 0 Å². The van der Waals surface area contributed by atoms with E-state index in [2.05, 4.69) is 5.32 Å². The van der Waals surface area contributed by atoms with Crippen molar-refractivity contribution >= 4 is 29.1 Å². The van der Waals surface area contributed by atoms with Crippen molar-refractivity contribution in [3.8, 4) is 0 Å². The molecule has 0 saturated carbocycles. The number of rotatable bonds is 3. The molecule has 1 fully saturated rings. The number of nitrogens with zero attached hydrogens (tertiary/aromatic N) is 3. The van der Waals surface area contributed by atoms with Gasteiger partial charge in [0.2, 0.25) is 17.4 Å². The molecule has 2 aliphatic heterocycles. The van der Waals surface area contributed by atoms with E-state index in [4.69, 9.17) is 0 Å². The maximum atomic E-state index is 13.1. The van der Waals surface area contributed by atoms with E-state index in [-0.39, 0.29) is 23.9 Å². The topological polar surface area (TPSA) is 91.7 Å². The molecule has 2 aromatic rings. The zero-order valence-corrected chi connectivity index (χ0v) is 15.6. The van der Waals surface area contributed by atoms with Crippen molar-refractivity contribution in [2.45, 2.75) is 25.4 Å². The Morgan fingerprint density at radius 1 is 1.14 bits per heavy atom. The molecule has 1 aromatic heterocycles. The van der Waals surface area contributed by atoms with E-state index in [0.29, 0.717) is 29.8 Å². The maximum absolute atomic E-state index is 13.1. The van der Waals surface area contributed by atoms with Gasteiger partial charge >= 0.3 is 0 Å². The number of benzene rings is 1. The van der Waals surface area contributed by atoms with Gasteiger partial charge in [-0.1, -0.05) is 12.1 Å². The van der Waals surface area contributed by atoms with E-state index in [1.165, 1.54) is 27.8 Å². The second-order valence-electron chi connectivity index (χ2n) is 7.27. The van der Waals surface area contributed by atoms with Gasteiger partial charge in [0.1, 0.15) is 12.2 Å². The molecule has 1 aromatic carbocycles. The van der Waals surface area contributed by atoms with Gasteiger partial charge in [-0.05, 0) is 31.5 Å². The van der Waals surface area contributed by atoms with Crippen molar-refractivity contribution in [2.75, 3.05) is 16.8 Å². The first-order valence-electron chi connectivity index (χ1n) is 9.02. The highest BCUT2D eigenvalue weighted by atomic mass is 16.2. The van der Waals surface area contributed by atoms with Crippen molar-refractivity contribution in [2.24, 2.45) is 7.05 Å². The molecule has 3 amide bonds.